The highest BCUT2D eigenvalue weighted by Gasteiger charge is 2.17. The third kappa shape index (κ3) is 6.71. The minimum Gasteiger partial charge on any atom is -0.493 e. The third-order valence-corrected chi connectivity index (χ3v) is 4.61. The van der Waals surface area contributed by atoms with Gasteiger partial charge in [-0.05, 0) is 49.5 Å². The first kappa shape index (κ1) is 25.4. The summed E-state index contributed by atoms with van der Waals surface area (Å²) in [4.78, 5) is 14.9. The van der Waals surface area contributed by atoms with Crippen LogP contribution >= 0.6 is 12.4 Å². The van der Waals surface area contributed by atoms with Crippen molar-refractivity contribution >= 4 is 24.0 Å². The van der Waals surface area contributed by atoms with Crippen LogP contribution in [0.25, 0.3) is 0 Å². The molecule has 2 aromatic carbocycles. The standard InChI is InChI=1S/C22H30N2O5.ClH/c1-6-24(7-2)12-13-29-18-10-8-17(9-11-18)23-22(25)16-14-19(26-3)21(28-5)20(15-16)27-4;/h8-11,14-15H,6-7,12-13H2,1-5H3,(H,23,25);1H. The van der Waals surface area contributed by atoms with Crippen molar-refractivity contribution in [1.29, 1.82) is 0 Å². The van der Waals surface area contributed by atoms with Gasteiger partial charge in [0.15, 0.2) is 11.5 Å². The Bertz CT molecular complexity index is 770. The molecule has 0 saturated carbocycles. The number of hydrogen-bond donors (Lipinski definition) is 1. The summed E-state index contributed by atoms with van der Waals surface area (Å²) >= 11 is 0. The maximum absolute atomic E-state index is 12.6. The Morgan fingerprint density at radius 2 is 1.50 bits per heavy atom. The molecule has 0 aliphatic rings. The van der Waals surface area contributed by atoms with Crippen molar-refractivity contribution in [3.63, 3.8) is 0 Å². The van der Waals surface area contributed by atoms with E-state index in [0.29, 0.717) is 35.1 Å². The Kier molecular flexibility index (Phi) is 10.9. The lowest BCUT2D eigenvalue weighted by atomic mass is 10.1. The molecule has 2 aromatic rings. The number of likely N-dealkylation sites (N-methyl/N-ethyl adjacent to an activating group) is 1. The first-order valence-electron chi connectivity index (χ1n) is 9.62. The number of nitrogens with one attached hydrogen (secondary N) is 1. The van der Waals surface area contributed by atoms with Crippen LogP contribution in [-0.2, 0) is 0 Å². The van der Waals surface area contributed by atoms with Gasteiger partial charge >= 0.3 is 0 Å². The van der Waals surface area contributed by atoms with E-state index in [1.807, 2.05) is 24.3 Å². The van der Waals surface area contributed by atoms with Gasteiger partial charge in [-0.15, -0.1) is 12.4 Å². The lowest BCUT2D eigenvalue weighted by molar-refractivity contribution is 0.102. The van der Waals surface area contributed by atoms with Gasteiger partial charge in [-0.2, -0.15) is 0 Å². The van der Waals surface area contributed by atoms with Gasteiger partial charge in [-0.1, -0.05) is 13.8 Å². The zero-order chi connectivity index (χ0) is 21.2. The molecule has 0 fully saturated rings. The number of halogens is 1. The molecule has 0 aromatic heterocycles. The van der Waals surface area contributed by atoms with Crippen molar-refractivity contribution in [1.82, 2.24) is 4.90 Å². The topological polar surface area (TPSA) is 69.3 Å². The van der Waals surface area contributed by atoms with E-state index in [0.717, 1.165) is 25.4 Å². The van der Waals surface area contributed by atoms with Crippen LogP contribution in [0.5, 0.6) is 23.0 Å². The number of anilines is 1. The predicted molar refractivity (Wildman–Crippen MR) is 121 cm³/mol. The molecule has 1 amide bonds. The smallest absolute Gasteiger partial charge is 0.255 e. The summed E-state index contributed by atoms with van der Waals surface area (Å²) in [7, 11) is 4.54. The minimum atomic E-state index is -0.278. The maximum atomic E-state index is 12.6. The molecular weight excluding hydrogens is 408 g/mol. The second-order valence-electron chi connectivity index (χ2n) is 6.27. The number of carbonyl (C=O) groups is 1. The molecular formula is C22H31ClN2O5. The number of hydrogen-bond acceptors (Lipinski definition) is 6. The van der Waals surface area contributed by atoms with E-state index in [1.54, 1.807) is 12.1 Å². The molecule has 0 unspecified atom stereocenters. The number of benzene rings is 2. The van der Waals surface area contributed by atoms with E-state index >= 15 is 0 Å². The van der Waals surface area contributed by atoms with Crippen molar-refractivity contribution in [3.8, 4) is 23.0 Å². The Morgan fingerprint density at radius 1 is 0.933 bits per heavy atom. The normalized spacial score (nSPS) is 10.2. The molecule has 0 aliphatic carbocycles. The Morgan fingerprint density at radius 3 is 1.97 bits per heavy atom. The van der Waals surface area contributed by atoms with Crippen molar-refractivity contribution in [3.05, 3.63) is 42.0 Å². The summed E-state index contributed by atoms with van der Waals surface area (Å²) in [6.45, 7) is 7.78. The summed E-state index contributed by atoms with van der Waals surface area (Å²) < 4.78 is 21.7. The van der Waals surface area contributed by atoms with Crippen LogP contribution in [0.1, 0.15) is 24.2 Å². The molecule has 30 heavy (non-hydrogen) atoms. The van der Waals surface area contributed by atoms with Gasteiger partial charge in [0.05, 0.1) is 21.3 Å². The molecule has 8 heteroatoms. The van der Waals surface area contributed by atoms with Gasteiger partial charge in [0.2, 0.25) is 5.75 Å². The van der Waals surface area contributed by atoms with E-state index in [9.17, 15) is 4.79 Å². The molecule has 0 saturated heterocycles. The first-order valence-corrected chi connectivity index (χ1v) is 9.62. The molecule has 0 atom stereocenters. The van der Waals surface area contributed by atoms with Gasteiger partial charge in [0.1, 0.15) is 12.4 Å². The van der Waals surface area contributed by atoms with E-state index in [2.05, 4.69) is 24.1 Å². The molecule has 0 heterocycles. The van der Waals surface area contributed by atoms with E-state index in [1.165, 1.54) is 21.3 Å². The molecule has 166 valence electrons. The summed E-state index contributed by atoms with van der Waals surface area (Å²) in [6.07, 6.45) is 0. The average molecular weight is 439 g/mol. The number of nitrogens with zero attached hydrogens (tertiary/aromatic N) is 1. The second-order valence-corrected chi connectivity index (χ2v) is 6.27. The Balaban J connectivity index is 0.00000450. The van der Waals surface area contributed by atoms with Crippen molar-refractivity contribution in [2.75, 3.05) is 52.9 Å². The van der Waals surface area contributed by atoms with Gasteiger partial charge in [0, 0.05) is 17.8 Å². The summed E-state index contributed by atoms with van der Waals surface area (Å²) in [5.74, 6) is 1.78. The van der Waals surface area contributed by atoms with E-state index < -0.39 is 0 Å². The molecule has 7 nitrogen and oxygen atoms in total. The average Bonchev–Trinajstić information content (AvgIpc) is 2.76. The lowest BCUT2D eigenvalue weighted by Gasteiger charge is -2.18. The number of amides is 1. The van der Waals surface area contributed by atoms with Gasteiger partial charge in [-0.3, -0.25) is 4.79 Å². The zero-order valence-electron chi connectivity index (χ0n) is 18.2. The Labute approximate surface area is 184 Å². The Hall–Kier alpha value is -2.64. The molecule has 2 rings (SSSR count). The highest BCUT2D eigenvalue weighted by atomic mass is 35.5. The van der Waals surface area contributed by atoms with Crippen molar-refractivity contribution in [2.45, 2.75) is 13.8 Å². The van der Waals surface area contributed by atoms with Crippen molar-refractivity contribution in [2.24, 2.45) is 0 Å². The number of methoxy groups -OCH3 is 3. The molecule has 0 aliphatic heterocycles. The number of ether oxygens (including phenoxy) is 4. The van der Waals surface area contributed by atoms with Crippen LogP contribution in [0.3, 0.4) is 0 Å². The van der Waals surface area contributed by atoms with Crippen LogP contribution in [0.4, 0.5) is 5.69 Å². The fourth-order valence-corrected chi connectivity index (χ4v) is 2.88. The second kappa shape index (κ2) is 12.8. The predicted octanol–water partition coefficient (Wildman–Crippen LogP) is 4.11. The first-order chi connectivity index (χ1) is 14.1. The van der Waals surface area contributed by atoms with Crippen LogP contribution < -0.4 is 24.3 Å². The van der Waals surface area contributed by atoms with Crippen LogP contribution in [0, 0.1) is 0 Å². The van der Waals surface area contributed by atoms with E-state index in [4.69, 9.17) is 18.9 Å². The number of rotatable bonds is 11. The zero-order valence-corrected chi connectivity index (χ0v) is 19.0. The molecule has 1 N–H and O–H groups in total. The van der Waals surface area contributed by atoms with Crippen LogP contribution in [-0.4, -0.2) is 58.4 Å². The van der Waals surface area contributed by atoms with E-state index in [-0.39, 0.29) is 18.3 Å². The van der Waals surface area contributed by atoms with Crippen LogP contribution in [0.2, 0.25) is 0 Å². The largest absolute Gasteiger partial charge is 0.493 e. The highest BCUT2D eigenvalue weighted by molar-refractivity contribution is 6.05. The quantitative estimate of drug-likeness (QED) is 0.569. The fraction of sp³-hybridized carbons (Fsp3) is 0.409. The summed E-state index contributed by atoms with van der Waals surface area (Å²) in [5.41, 5.74) is 1.07. The van der Waals surface area contributed by atoms with Gasteiger partial charge < -0.3 is 29.2 Å². The third-order valence-electron chi connectivity index (χ3n) is 4.61. The SMILES string of the molecule is CCN(CC)CCOc1ccc(NC(=O)c2cc(OC)c(OC)c(OC)c2)cc1.Cl. The molecule has 0 radical (unpaired) electrons. The molecule has 0 bridgehead atoms. The number of carbonyl (C=O) groups excluding carboxylic acids is 1. The maximum Gasteiger partial charge on any atom is 0.255 e. The van der Waals surface area contributed by atoms with Crippen molar-refractivity contribution < 1.29 is 23.7 Å². The highest BCUT2D eigenvalue weighted by Crippen LogP contribution is 2.38. The minimum absolute atomic E-state index is 0. The summed E-state index contributed by atoms with van der Waals surface area (Å²) in [6, 6.07) is 10.5. The monoisotopic (exact) mass is 438 g/mol. The fourth-order valence-electron chi connectivity index (χ4n) is 2.88. The van der Waals surface area contributed by atoms with Gasteiger partial charge in [0.25, 0.3) is 5.91 Å². The molecule has 0 spiro atoms. The lowest BCUT2D eigenvalue weighted by Crippen LogP contribution is -2.27. The van der Waals surface area contributed by atoms with Crippen LogP contribution in [0.15, 0.2) is 36.4 Å². The van der Waals surface area contributed by atoms with Gasteiger partial charge in [-0.25, -0.2) is 0 Å². The summed E-state index contributed by atoms with van der Waals surface area (Å²) in [5, 5.41) is 2.86.